The fraction of sp³-hybridized carbons (Fsp3) is 0.300. The number of sulfonamides is 1. The Morgan fingerprint density at radius 2 is 1.73 bits per heavy atom. The highest BCUT2D eigenvalue weighted by molar-refractivity contribution is 8.00. The van der Waals surface area contributed by atoms with Crippen LogP contribution >= 0.6 is 23.4 Å². The van der Waals surface area contributed by atoms with Crippen molar-refractivity contribution in [2.24, 2.45) is 0 Å². The molecular weight excluding hydrogens is 448 g/mol. The molecule has 7 nitrogen and oxygen atoms in total. The first kappa shape index (κ1) is 22.6. The van der Waals surface area contributed by atoms with Crippen molar-refractivity contribution in [3.8, 4) is 0 Å². The Kier molecular flexibility index (Phi) is 7.76. The van der Waals surface area contributed by atoms with Crippen molar-refractivity contribution in [2.75, 3.05) is 30.8 Å². The van der Waals surface area contributed by atoms with Crippen LogP contribution in [0.5, 0.6) is 0 Å². The Morgan fingerprint density at radius 3 is 2.40 bits per heavy atom. The topological polar surface area (TPSA) is 92.8 Å². The van der Waals surface area contributed by atoms with Gasteiger partial charge in [-0.05, 0) is 49.2 Å². The second-order valence-corrected chi connectivity index (χ2v) is 9.93. The summed E-state index contributed by atoms with van der Waals surface area (Å²) in [5.74, 6) is -1.02. The minimum Gasteiger partial charge on any atom is -0.455 e. The Hall–Kier alpha value is -2.07. The fourth-order valence-electron chi connectivity index (χ4n) is 2.87. The summed E-state index contributed by atoms with van der Waals surface area (Å²) in [5, 5.41) is 3.12. The molecule has 1 fully saturated rings. The Labute approximate surface area is 184 Å². The third-order valence-corrected chi connectivity index (χ3v) is 7.79. The van der Waals surface area contributed by atoms with Crippen LogP contribution in [0.3, 0.4) is 0 Å². The minimum absolute atomic E-state index is 0.0278. The normalized spacial score (nSPS) is 14.4. The molecule has 0 unspecified atom stereocenters. The third-order valence-electron chi connectivity index (χ3n) is 4.39. The van der Waals surface area contributed by atoms with E-state index < -0.39 is 28.5 Å². The van der Waals surface area contributed by atoms with E-state index in [0.717, 1.165) is 17.7 Å². The molecule has 30 heavy (non-hydrogen) atoms. The molecular formula is C20H21ClN2O5S2. The van der Waals surface area contributed by atoms with Gasteiger partial charge in [-0.25, -0.2) is 8.42 Å². The number of rotatable bonds is 8. The van der Waals surface area contributed by atoms with Gasteiger partial charge in [0.2, 0.25) is 10.0 Å². The molecule has 1 aliphatic heterocycles. The van der Waals surface area contributed by atoms with Crippen LogP contribution < -0.4 is 5.32 Å². The molecule has 0 saturated carbocycles. The summed E-state index contributed by atoms with van der Waals surface area (Å²) in [6.45, 7) is 0.623. The van der Waals surface area contributed by atoms with Gasteiger partial charge in [0.25, 0.3) is 5.91 Å². The lowest BCUT2D eigenvalue weighted by Gasteiger charge is -2.15. The number of amides is 1. The fourth-order valence-corrected chi connectivity index (χ4v) is 5.42. The highest BCUT2D eigenvalue weighted by Crippen LogP contribution is 2.26. The summed E-state index contributed by atoms with van der Waals surface area (Å²) < 4.78 is 31.4. The molecule has 0 spiro atoms. The summed E-state index contributed by atoms with van der Waals surface area (Å²) >= 11 is 7.25. The van der Waals surface area contributed by atoms with E-state index in [9.17, 15) is 18.0 Å². The molecule has 2 aromatic rings. The molecule has 1 saturated heterocycles. The molecule has 0 aromatic heterocycles. The zero-order valence-corrected chi connectivity index (χ0v) is 18.4. The van der Waals surface area contributed by atoms with Crippen molar-refractivity contribution in [2.45, 2.75) is 22.6 Å². The molecule has 160 valence electrons. The lowest BCUT2D eigenvalue weighted by atomic mass is 10.3. The maximum Gasteiger partial charge on any atom is 0.316 e. The molecule has 1 amide bonds. The Balaban J connectivity index is 1.45. The summed E-state index contributed by atoms with van der Waals surface area (Å²) in [6, 6.07) is 13.1. The zero-order valence-electron chi connectivity index (χ0n) is 16.0. The number of hydrogen-bond donors (Lipinski definition) is 1. The number of nitrogens with one attached hydrogen (secondary N) is 1. The number of nitrogens with zero attached hydrogens (tertiary/aromatic N) is 1. The SMILES string of the molecule is O=C(COC(=O)CSc1ccccc1Cl)Nc1ccc(S(=O)(=O)N2CCCC2)cc1. The molecule has 10 heteroatoms. The quantitative estimate of drug-likeness (QED) is 0.471. The summed E-state index contributed by atoms with van der Waals surface area (Å²) in [6.07, 6.45) is 1.73. The molecule has 2 aromatic carbocycles. The van der Waals surface area contributed by atoms with E-state index in [0.29, 0.717) is 23.8 Å². The van der Waals surface area contributed by atoms with Gasteiger partial charge in [0.1, 0.15) is 0 Å². The third kappa shape index (κ3) is 5.98. The molecule has 3 rings (SSSR count). The largest absolute Gasteiger partial charge is 0.455 e. The van der Waals surface area contributed by atoms with Crippen LogP contribution in [0.25, 0.3) is 0 Å². The zero-order chi connectivity index (χ0) is 21.6. The number of hydrogen-bond acceptors (Lipinski definition) is 6. The van der Waals surface area contributed by atoms with Gasteiger partial charge in [0.15, 0.2) is 6.61 Å². The number of carbonyl (C=O) groups excluding carboxylic acids is 2. The van der Waals surface area contributed by atoms with Crippen molar-refractivity contribution >= 4 is 50.9 Å². The van der Waals surface area contributed by atoms with E-state index in [1.54, 1.807) is 18.2 Å². The molecule has 0 aliphatic carbocycles. The predicted molar refractivity (Wildman–Crippen MR) is 116 cm³/mol. The van der Waals surface area contributed by atoms with Crippen LogP contribution in [0.4, 0.5) is 5.69 Å². The minimum atomic E-state index is -3.50. The average molecular weight is 469 g/mol. The smallest absolute Gasteiger partial charge is 0.316 e. The van der Waals surface area contributed by atoms with Crippen LogP contribution in [0.1, 0.15) is 12.8 Å². The number of esters is 1. The second kappa shape index (κ2) is 10.3. The van der Waals surface area contributed by atoms with Gasteiger partial charge in [-0.1, -0.05) is 23.7 Å². The van der Waals surface area contributed by atoms with E-state index >= 15 is 0 Å². The molecule has 0 bridgehead atoms. The maximum absolute atomic E-state index is 12.5. The summed E-state index contributed by atoms with van der Waals surface area (Å²) in [7, 11) is -3.50. The number of ether oxygens (including phenoxy) is 1. The van der Waals surface area contributed by atoms with E-state index in [1.807, 2.05) is 6.07 Å². The predicted octanol–water partition coefficient (Wildman–Crippen LogP) is 3.40. The van der Waals surface area contributed by atoms with Crippen molar-refractivity contribution < 1.29 is 22.7 Å². The number of carbonyl (C=O) groups is 2. The second-order valence-electron chi connectivity index (χ2n) is 6.56. The van der Waals surface area contributed by atoms with Gasteiger partial charge < -0.3 is 10.1 Å². The molecule has 1 N–H and O–H groups in total. The van der Waals surface area contributed by atoms with Crippen molar-refractivity contribution in [1.82, 2.24) is 4.31 Å². The average Bonchev–Trinajstić information content (AvgIpc) is 3.28. The number of thioether (sulfide) groups is 1. The first-order valence-corrected chi connectivity index (χ1v) is 12.1. The number of halogens is 1. The Bertz CT molecular complexity index is 1010. The van der Waals surface area contributed by atoms with E-state index in [1.165, 1.54) is 40.3 Å². The van der Waals surface area contributed by atoms with Crippen LogP contribution in [-0.4, -0.2) is 50.0 Å². The van der Waals surface area contributed by atoms with Gasteiger partial charge in [-0.2, -0.15) is 4.31 Å². The van der Waals surface area contributed by atoms with Gasteiger partial charge in [0.05, 0.1) is 15.7 Å². The summed E-state index contributed by atoms with van der Waals surface area (Å²) in [5.41, 5.74) is 0.418. The Morgan fingerprint density at radius 1 is 1.07 bits per heavy atom. The van der Waals surface area contributed by atoms with E-state index in [-0.39, 0.29) is 10.6 Å². The first-order chi connectivity index (χ1) is 14.4. The van der Waals surface area contributed by atoms with Gasteiger partial charge in [0, 0.05) is 23.7 Å². The lowest BCUT2D eigenvalue weighted by molar-refractivity contribution is -0.144. The van der Waals surface area contributed by atoms with Crippen molar-refractivity contribution in [3.05, 3.63) is 53.6 Å². The maximum atomic E-state index is 12.5. The van der Waals surface area contributed by atoms with Gasteiger partial charge in [-0.15, -0.1) is 11.8 Å². The van der Waals surface area contributed by atoms with Crippen molar-refractivity contribution in [3.63, 3.8) is 0 Å². The summed E-state index contributed by atoms with van der Waals surface area (Å²) in [4.78, 5) is 24.8. The monoisotopic (exact) mass is 468 g/mol. The highest BCUT2D eigenvalue weighted by Gasteiger charge is 2.26. The van der Waals surface area contributed by atoms with Gasteiger partial charge >= 0.3 is 5.97 Å². The number of anilines is 1. The molecule has 0 radical (unpaired) electrons. The molecule has 1 heterocycles. The lowest BCUT2D eigenvalue weighted by Crippen LogP contribution is -2.27. The standard InChI is InChI=1S/C20H21ClN2O5S2/c21-17-5-1-2-6-18(17)29-14-20(25)28-13-19(24)22-15-7-9-16(10-8-15)30(26,27)23-11-3-4-12-23/h1-2,5-10H,3-4,11-14H2,(H,22,24). The van der Waals surface area contributed by atoms with E-state index in [2.05, 4.69) is 5.32 Å². The van der Waals surface area contributed by atoms with E-state index in [4.69, 9.17) is 16.3 Å². The van der Waals surface area contributed by atoms with Crippen LogP contribution in [0.2, 0.25) is 5.02 Å². The first-order valence-electron chi connectivity index (χ1n) is 9.29. The van der Waals surface area contributed by atoms with Gasteiger partial charge in [-0.3, -0.25) is 9.59 Å². The number of benzene rings is 2. The molecule has 1 aliphatic rings. The van der Waals surface area contributed by atoms with Crippen molar-refractivity contribution in [1.29, 1.82) is 0 Å². The molecule has 0 atom stereocenters. The van der Waals surface area contributed by atoms with Crippen LogP contribution in [-0.2, 0) is 24.3 Å². The van der Waals surface area contributed by atoms with Crippen LogP contribution in [0.15, 0.2) is 58.3 Å². The highest BCUT2D eigenvalue weighted by atomic mass is 35.5. The van der Waals surface area contributed by atoms with Crippen LogP contribution in [0, 0.1) is 0 Å².